The third-order valence-electron chi connectivity index (χ3n) is 3.96. The Bertz CT molecular complexity index is 405. The van der Waals surface area contributed by atoms with E-state index < -0.39 is 0 Å². The Morgan fingerprint density at radius 1 is 1.28 bits per heavy atom. The van der Waals surface area contributed by atoms with Crippen molar-refractivity contribution < 1.29 is 0 Å². The van der Waals surface area contributed by atoms with Crippen molar-refractivity contribution in [3.05, 3.63) is 28.8 Å². The van der Waals surface area contributed by atoms with Gasteiger partial charge in [-0.15, -0.1) is 0 Å². The first-order valence-electron chi connectivity index (χ1n) is 6.89. The maximum Gasteiger partial charge on any atom is 0.0640 e. The molecule has 1 N–H and O–H groups in total. The van der Waals surface area contributed by atoms with Gasteiger partial charge in [0.2, 0.25) is 0 Å². The summed E-state index contributed by atoms with van der Waals surface area (Å²) >= 11 is 6.29. The van der Waals surface area contributed by atoms with E-state index in [-0.39, 0.29) is 0 Å². The van der Waals surface area contributed by atoms with Gasteiger partial charge < -0.3 is 5.32 Å². The molecule has 2 unspecified atom stereocenters. The van der Waals surface area contributed by atoms with Gasteiger partial charge in [0.25, 0.3) is 0 Å². The van der Waals surface area contributed by atoms with E-state index in [0.29, 0.717) is 11.5 Å². The van der Waals surface area contributed by atoms with Gasteiger partial charge >= 0.3 is 0 Å². The SMILES string of the molecule is Cc1cccc(Cl)c1NC1CC(C)CC(C)(C)C1. The normalized spacial score (nSPS) is 26.9. The first kappa shape index (κ1) is 13.7. The van der Waals surface area contributed by atoms with Crippen molar-refractivity contribution in [2.45, 2.75) is 53.0 Å². The van der Waals surface area contributed by atoms with E-state index in [4.69, 9.17) is 11.6 Å². The van der Waals surface area contributed by atoms with Crippen LogP contribution in [0.15, 0.2) is 18.2 Å². The van der Waals surface area contributed by atoms with Crippen LogP contribution in [0.4, 0.5) is 5.69 Å². The van der Waals surface area contributed by atoms with Gasteiger partial charge in [-0.05, 0) is 49.1 Å². The standard InChI is InChI=1S/C16H24ClN/c1-11-8-13(10-16(3,4)9-11)18-15-12(2)6-5-7-14(15)17/h5-7,11,13,18H,8-10H2,1-4H3. The zero-order chi connectivity index (χ0) is 13.3. The van der Waals surface area contributed by atoms with Gasteiger partial charge in [0, 0.05) is 6.04 Å². The fourth-order valence-corrected chi connectivity index (χ4v) is 3.75. The Morgan fingerprint density at radius 2 is 2.00 bits per heavy atom. The monoisotopic (exact) mass is 265 g/mol. The molecule has 0 amide bonds. The molecule has 0 heterocycles. The smallest absolute Gasteiger partial charge is 0.0640 e. The minimum absolute atomic E-state index is 0.435. The molecular formula is C16H24ClN. The Hall–Kier alpha value is -0.690. The van der Waals surface area contributed by atoms with Crippen LogP contribution in [-0.2, 0) is 0 Å². The van der Waals surface area contributed by atoms with Crippen LogP contribution in [0, 0.1) is 18.3 Å². The summed E-state index contributed by atoms with van der Waals surface area (Å²) in [5.74, 6) is 0.786. The van der Waals surface area contributed by atoms with Crippen molar-refractivity contribution in [1.29, 1.82) is 0 Å². The molecule has 0 aliphatic heterocycles. The lowest BCUT2D eigenvalue weighted by Crippen LogP contribution is -2.35. The Labute approximate surface area is 116 Å². The van der Waals surface area contributed by atoms with Crippen LogP contribution in [0.2, 0.25) is 5.02 Å². The second-order valence-corrected chi connectivity index (χ2v) is 7.09. The Kier molecular flexibility index (Phi) is 3.91. The van der Waals surface area contributed by atoms with Crippen LogP contribution >= 0.6 is 11.6 Å². The lowest BCUT2D eigenvalue weighted by atomic mass is 9.70. The summed E-state index contributed by atoms with van der Waals surface area (Å²) in [7, 11) is 0. The average molecular weight is 266 g/mol. The summed E-state index contributed by atoms with van der Waals surface area (Å²) in [5, 5.41) is 4.51. The third kappa shape index (κ3) is 3.20. The number of aryl methyl sites for hydroxylation is 1. The number of halogens is 1. The van der Waals surface area contributed by atoms with Crippen molar-refractivity contribution in [3.63, 3.8) is 0 Å². The summed E-state index contributed by atoms with van der Waals surface area (Å²) in [5.41, 5.74) is 2.79. The quantitative estimate of drug-likeness (QED) is 0.768. The number of hydrogen-bond donors (Lipinski definition) is 1. The van der Waals surface area contributed by atoms with E-state index >= 15 is 0 Å². The highest BCUT2D eigenvalue weighted by atomic mass is 35.5. The van der Waals surface area contributed by atoms with Crippen molar-refractivity contribution in [3.8, 4) is 0 Å². The molecule has 18 heavy (non-hydrogen) atoms. The fraction of sp³-hybridized carbons (Fsp3) is 0.625. The van der Waals surface area contributed by atoms with Crippen LogP contribution in [0.1, 0.15) is 45.6 Å². The summed E-state index contributed by atoms with van der Waals surface area (Å²) in [6, 6.07) is 6.64. The van der Waals surface area contributed by atoms with E-state index in [9.17, 15) is 0 Å². The molecule has 0 aromatic heterocycles. The molecular weight excluding hydrogens is 242 g/mol. The van der Waals surface area contributed by atoms with Crippen LogP contribution in [0.3, 0.4) is 0 Å². The summed E-state index contributed by atoms with van der Waals surface area (Å²) in [6.45, 7) is 9.22. The molecule has 2 rings (SSSR count). The lowest BCUT2D eigenvalue weighted by molar-refractivity contribution is 0.178. The molecule has 1 aliphatic rings. The minimum atomic E-state index is 0.435. The number of benzene rings is 1. The molecule has 2 atom stereocenters. The van der Waals surface area contributed by atoms with Crippen molar-refractivity contribution in [2.24, 2.45) is 11.3 Å². The van der Waals surface area contributed by atoms with Gasteiger partial charge in [0.15, 0.2) is 0 Å². The molecule has 0 bridgehead atoms. The molecule has 1 aromatic rings. The van der Waals surface area contributed by atoms with E-state index in [2.05, 4.69) is 39.1 Å². The van der Waals surface area contributed by atoms with Gasteiger partial charge in [-0.25, -0.2) is 0 Å². The van der Waals surface area contributed by atoms with Crippen molar-refractivity contribution >= 4 is 17.3 Å². The van der Waals surface area contributed by atoms with E-state index in [1.165, 1.54) is 24.8 Å². The van der Waals surface area contributed by atoms with Crippen LogP contribution in [-0.4, -0.2) is 6.04 Å². The highest BCUT2D eigenvalue weighted by Crippen LogP contribution is 2.40. The van der Waals surface area contributed by atoms with E-state index in [0.717, 1.165) is 16.6 Å². The van der Waals surface area contributed by atoms with Gasteiger partial charge in [0.1, 0.15) is 0 Å². The third-order valence-corrected chi connectivity index (χ3v) is 4.27. The number of para-hydroxylation sites is 1. The average Bonchev–Trinajstić information content (AvgIpc) is 2.21. The molecule has 0 spiro atoms. The number of nitrogens with one attached hydrogen (secondary N) is 1. The highest BCUT2D eigenvalue weighted by Gasteiger charge is 2.32. The summed E-state index contributed by atoms with van der Waals surface area (Å²) in [6.07, 6.45) is 3.79. The van der Waals surface area contributed by atoms with Gasteiger partial charge in [-0.3, -0.25) is 0 Å². The predicted molar refractivity (Wildman–Crippen MR) is 80.4 cm³/mol. The molecule has 1 aromatic carbocycles. The van der Waals surface area contributed by atoms with Gasteiger partial charge in [-0.1, -0.05) is 44.5 Å². The van der Waals surface area contributed by atoms with Gasteiger partial charge in [-0.2, -0.15) is 0 Å². The molecule has 2 heteroatoms. The van der Waals surface area contributed by atoms with Crippen molar-refractivity contribution in [2.75, 3.05) is 5.32 Å². The van der Waals surface area contributed by atoms with Crippen molar-refractivity contribution in [1.82, 2.24) is 0 Å². The fourth-order valence-electron chi connectivity index (χ4n) is 3.47. The zero-order valence-electron chi connectivity index (χ0n) is 11.9. The largest absolute Gasteiger partial charge is 0.381 e. The first-order chi connectivity index (χ1) is 8.37. The highest BCUT2D eigenvalue weighted by molar-refractivity contribution is 6.33. The number of anilines is 1. The van der Waals surface area contributed by atoms with Crippen LogP contribution in [0.5, 0.6) is 0 Å². The van der Waals surface area contributed by atoms with Gasteiger partial charge in [0.05, 0.1) is 10.7 Å². The van der Waals surface area contributed by atoms with Crippen LogP contribution < -0.4 is 5.32 Å². The predicted octanol–water partition coefficient (Wildman–Crippen LogP) is 5.28. The number of rotatable bonds is 2. The van der Waals surface area contributed by atoms with E-state index in [1.54, 1.807) is 0 Å². The zero-order valence-corrected chi connectivity index (χ0v) is 12.6. The summed E-state index contributed by atoms with van der Waals surface area (Å²) in [4.78, 5) is 0. The van der Waals surface area contributed by atoms with Crippen LogP contribution in [0.25, 0.3) is 0 Å². The molecule has 0 radical (unpaired) electrons. The maximum atomic E-state index is 6.29. The minimum Gasteiger partial charge on any atom is -0.381 e. The lowest BCUT2D eigenvalue weighted by Gasteiger charge is -2.40. The number of hydrogen-bond acceptors (Lipinski definition) is 1. The Morgan fingerprint density at radius 3 is 2.61 bits per heavy atom. The molecule has 1 saturated carbocycles. The molecule has 0 saturated heterocycles. The topological polar surface area (TPSA) is 12.0 Å². The maximum absolute atomic E-state index is 6.29. The van der Waals surface area contributed by atoms with E-state index in [1.807, 2.05) is 12.1 Å². The molecule has 1 fully saturated rings. The first-order valence-corrected chi connectivity index (χ1v) is 7.27. The molecule has 1 nitrogen and oxygen atoms in total. The molecule has 1 aliphatic carbocycles. The second-order valence-electron chi connectivity index (χ2n) is 6.69. The second kappa shape index (κ2) is 5.13. The Balaban J connectivity index is 2.14. The summed E-state index contributed by atoms with van der Waals surface area (Å²) < 4.78 is 0. The molecule has 100 valence electrons.